The minimum Gasteiger partial charge on any atom is -0.454 e. The van der Waals surface area contributed by atoms with Crippen molar-refractivity contribution in [2.24, 2.45) is 11.0 Å². The highest BCUT2D eigenvalue weighted by Gasteiger charge is 2.62. The second kappa shape index (κ2) is 7.03. The number of rotatable bonds is 5. The molecule has 9 heteroatoms. The molecular formula is C18H21F3N2O4. The lowest BCUT2D eigenvalue weighted by Crippen LogP contribution is -2.56. The Morgan fingerprint density at radius 3 is 2.70 bits per heavy atom. The third-order valence-electron chi connectivity index (χ3n) is 4.44. The topological polar surface area (TPSA) is 71.4 Å². The Morgan fingerprint density at radius 1 is 1.33 bits per heavy atom. The van der Waals surface area contributed by atoms with Gasteiger partial charge in [-0.25, -0.2) is 0 Å². The summed E-state index contributed by atoms with van der Waals surface area (Å²) < 4.78 is 50.7. The smallest absolute Gasteiger partial charge is 0.438 e. The molecule has 1 atom stereocenters. The van der Waals surface area contributed by atoms with Gasteiger partial charge in [0.1, 0.15) is 0 Å². The van der Waals surface area contributed by atoms with E-state index in [2.05, 4.69) is 5.10 Å². The number of fused-ring (bicyclic) bond motifs is 1. The Labute approximate surface area is 154 Å². The van der Waals surface area contributed by atoms with Crippen LogP contribution in [0.15, 0.2) is 23.3 Å². The Hall–Kier alpha value is -2.29. The molecule has 1 aromatic rings. The maximum atomic E-state index is 13.4. The van der Waals surface area contributed by atoms with Crippen LogP contribution in [0.5, 0.6) is 11.5 Å². The van der Waals surface area contributed by atoms with Gasteiger partial charge in [-0.05, 0) is 36.5 Å². The average molecular weight is 386 g/mol. The molecule has 6 nitrogen and oxygen atoms in total. The summed E-state index contributed by atoms with van der Waals surface area (Å²) in [7, 11) is 0. The van der Waals surface area contributed by atoms with Gasteiger partial charge in [0.15, 0.2) is 11.5 Å². The summed E-state index contributed by atoms with van der Waals surface area (Å²) >= 11 is 0. The third kappa shape index (κ3) is 3.87. The first kappa shape index (κ1) is 19.5. The van der Waals surface area contributed by atoms with Gasteiger partial charge in [-0.15, -0.1) is 0 Å². The minimum absolute atomic E-state index is 0.0601. The number of aryl methyl sites for hydroxylation is 1. The number of aliphatic hydroxyl groups is 1. The number of hydrogen-bond acceptors (Lipinski definition) is 5. The third-order valence-corrected chi connectivity index (χ3v) is 4.44. The maximum absolute atomic E-state index is 13.4. The largest absolute Gasteiger partial charge is 0.454 e. The van der Waals surface area contributed by atoms with Crippen molar-refractivity contribution < 1.29 is 32.5 Å². The molecular weight excluding hydrogens is 365 g/mol. The van der Waals surface area contributed by atoms with Crippen LogP contribution in [0, 0.1) is 5.92 Å². The number of ether oxygens (including phenoxy) is 2. The van der Waals surface area contributed by atoms with E-state index in [1.54, 1.807) is 18.2 Å². The van der Waals surface area contributed by atoms with Gasteiger partial charge < -0.3 is 14.6 Å². The quantitative estimate of drug-likeness (QED) is 0.844. The summed E-state index contributed by atoms with van der Waals surface area (Å²) in [5.74, 6) is 0.292. The van der Waals surface area contributed by atoms with E-state index in [9.17, 15) is 23.1 Å². The van der Waals surface area contributed by atoms with Crippen LogP contribution in [0.25, 0.3) is 0 Å². The number of amides is 1. The zero-order chi connectivity index (χ0) is 19.8. The summed E-state index contributed by atoms with van der Waals surface area (Å²) in [5, 5.41) is 14.2. The van der Waals surface area contributed by atoms with Gasteiger partial charge in [-0.3, -0.25) is 4.79 Å². The Bertz CT molecular complexity index is 763. The van der Waals surface area contributed by atoms with E-state index < -0.39 is 24.2 Å². The van der Waals surface area contributed by atoms with Gasteiger partial charge in [0.2, 0.25) is 12.7 Å². The van der Waals surface area contributed by atoms with Crippen molar-refractivity contribution in [2.75, 3.05) is 6.79 Å². The molecule has 3 rings (SSSR count). The van der Waals surface area contributed by atoms with E-state index in [0.29, 0.717) is 17.1 Å². The van der Waals surface area contributed by atoms with Crippen molar-refractivity contribution in [3.63, 3.8) is 0 Å². The van der Waals surface area contributed by atoms with E-state index in [0.717, 1.165) is 0 Å². The maximum Gasteiger partial charge on any atom is 0.438 e. The molecule has 0 bridgehead atoms. The number of alkyl halides is 3. The lowest BCUT2D eigenvalue weighted by Gasteiger charge is -2.32. The predicted octanol–water partition coefficient (Wildman–Crippen LogP) is 3.23. The van der Waals surface area contributed by atoms with Gasteiger partial charge in [0.05, 0.1) is 0 Å². The molecule has 27 heavy (non-hydrogen) atoms. The zero-order valence-electron chi connectivity index (χ0n) is 15.0. The van der Waals surface area contributed by atoms with Gasteiger partial charge in [-0.2, -0.15) is 23.3 Å². The van der Waals surface area contributed by atoms with Crippen molar-refractivity contribution >= 4 is 11.6 Å². The van der Waals surface area contributed by atoms with Crippen molar-refractivity contribution in [2.45, 2.75) is 51.4 Å². The Morgan fingerprint density at radius 2 is 2.04 bits per heavy atom. The SMILES string of the molecule is CC(C)CC1=NN(C(=O)CCc2ccc3c(c2)OCO3)C(O)(C(F)(F)F)C1. The molecule has 0 saturated heterocycles. The first-order valence-corrected chi connectivity index (χ1v) is 8.67. The van der Waals surface area contributed by atoms with Crippen LogP contribution < -0.4 is 9.47 Å². The summed E-state index contributed by atoms with van der Waals surface area (Å²) in [6, 6.07) is 5.08. The van der Waals surface area contributed by atoms with Crippen LogP contribution in [0.3, 0.4) is 0 Å². The second-order valence-electron chi connectivity index (χ2n) is 7.15. The molecule has 1 aromatic carbocycles. The van der Waals surface area contributed by atoms with Crippen LogP contribution in [0.1, 0.15) is 38.7 Å². The number of hydrazone groups is 1. The normalized spacial score (nSPS) is 21.7. The summed E-state index contributed by atoms with van der Waals surface area (Å²) in [6.45, 7) is 3.77. The lowest BCUT2D eigenvalue weighted by atomic mass is 9.99. The molecule has 0 radical (unpaired) electrons. The molecule has 0 aliphatic carbocycles. The Kier molecular flexibility index (Phi) is 5.07. The molecule has 0 spiro atoms. The molecule has 1 amide bonds. The molecule has 0 saturated carbocycles. The fourth-order valence-corrected chi connectivity index (χ4v) is 3.14. The summed E-state index contributed by atoms with van der Waals surface area (Å²) in [4.78, 5) is 12.4. The first-order chi connectivity index (χ1) is 12.6. The van der Waals surface area contributed by atoms with E-state index in [1.165, 1.54) is 0 Å². The number of carbonyl (C=O) groups excluding carboxylic acids is 1. The predicted molar refractivity (Wildman–Crippen MR) is 90.2 cm³/mol. The standard InChI is InChI=1S/C18H21F3N2O4/c1-11(2)7-13-9-17(25,18(19,20)21)23(22-13)16(24)6-4-12-3-5-14-15(8-12)27-10-26-14/h3,5,8,11,25H,4,6-7,9-10H2,1-2H3. The highest BCUT2D eigenvalue weighted by atomic mass is 19.4. The summed E-state index contributed by atoms with van der Waals surface area (Å²) in [5.41, 5.74) is -2.40. The van der Waals surface area contributed by atoms with Crippen LogP contribution >= 0.6 is 0 Å². The van der Waals surface area contributed by atoms with Crippen molar-refractivity contribution in [3.05, 3.63) is 23.8 Å². The van der Waals surface area contributed by atoms with Crippen LogP contribution in [-0.2, 0) is 11.2 Å². The number of carbonyl (C=O) groups is 1. The number of hydrogen-bond donors (Lipinski definition) is 1. The molecule has 0 fully saturated rings. The molecule has 1 unspecified atom stereocenters. The van der Waals surface area contributed by atoms with Crippen molar-refractivity contribution in [1.82, 2.24) is 5.01 Å². The van der Waals surface area contributed by atoms with Crippen LogP contribution in [0.2, 0.25) is 0 Å². The monoisotopic (exact) mass is 386 g/mol. The van der Waals surface area contributed by atoms with Crippen LogP contribution in [-0.4, -0.2) is 40.4 Å². The van der Waals surface area contributed by atoms with Gasteiger partial charge in [0.25, 0.3) is 5.72 Å². The number of nitrogens with zero attached hydrogens (tertiary/aromatic N) is 2. The fraction of sp³-hybridized carbons (Fsp3) is 0.556. The minimum atomic E-state index is -5.00. The number of halogens is 3. The Balaban J connectivity index is 1.73. The van der Waals surface area contributed by atoms with E-state index in [1.807, 2.05) is 13.8 Å². The van der Waals surface area contributed by atoms with Gasteiger partial charge >= 0.3 is 6.18 Å². The first-order valence-electron chi connectivity index (χ1n) is 8.67. The molecule has 148 valence electrons. The molecule has 1 N–H and O–H groups in total. The highest BCUT2D eigenvalue weighted by molar-refractivity contribution is 5.91. The van der Waals surface area contributed by atoms with Gasteiger partial charge in [0, 0.05) is 18.6 Å². The number of benzene rings is 1. The zero-order valence-corrected chi connectivity index (χ0v) is 15.0. The molecule has 2 aliphatic heterocycles. The highest BCUT2D eigenvalue weighted by Crippen LogP contribution is 2.41. The van der Waals surface area contributed by atoms with Crippen molar-refractivity contribution in [1.29, 1.82) is 0 Å². The molecule has 2 heterocycles. The van der Waals surface area contributed by atoms with Crippen molar-refractivity contribution in [3.8, 4) is 11.5 Å². The molecule has 2 aliphatic rings. The summed E-state index contributed by atoms with van der Waals surface area (Å²) in [6.07, 6.45) is -5.47. The molecule has 0 aromatic heterocycles. The van der Waals surface area contributed by atoms with E-state index in [-0.39, 0.29) is 42.7 Å². The fourth-order valence-electron chi connectivity index (χ4n) is 3.14. The lowest BCUT2D eigenvalue weighted by molar-refractivity contribution is -0.302. The van der Waals surface area contributed by atoms with E-state index >= 15 is 0 Å². The van der Waals surface area contributed by atoms with Crippen LogP contribution in [0.4, 0.5) is 13.2 Å². The van der Waals surface area contributed by atoms with E-state index in [4.69, 9.17) is 9.47 Å². The average Bonchev–Trinajstić information content (AvgIpc) is 3.15. The second-order valence-corrected chi connectivity index (χ2v) is 7.15. The van der Waals surface area contributed by atoms with Gasteiger partial charge in [-0.1, -0.05) is 19.9 Å².